The van der Waals surface area contributed by atoms with Crippen molar-refractivity contribution in [2.24, 2.45) is 4.99 Å². The molecular formula is C17H23F3N4O. The summed E-state index contributed by atoms with van der Waals surface area (Å²) in [6, 6.07) is 5.04. The minimum atomic E-state index is -4.33. The lowest BCUT2D eigenvalue weighted by molar-refractivity contribution is -0.137. The Balaban J connectivity index is 2.01. The summed E-state index contributed by atoms with van der Waals surface area (Å²) in [4.78, 5) is 19.8. The minimum Gasteiger partial charge on any atom is -0.357 e. The lowest BCUT2D eigenvalue weighted by atomic mass is 10.1. The highest BCUT2D eigenvalue weighted by Gasteiger charge is 2.29. The molecule has 1 aromatic rings. The van der Waals surface area contributed by atoms with E-state index in [4.69, 9.17) is 0 Å². The standard InChI is InChI=1S/C17H23F3N4O/c1-3-21-16(24-10-8-23(9-11-24)13(2)25)22-12-14-4-6-15(7-5-14)17(18,19)20/h4-7H,3,8-12H2,1-2H3,(H,21,22). The molecule has 1 aromatic carbocycles. The highest BCUT2D eigenvalue weighted by Crippen LogP contribution is 2.29. The first-order chi connectivity index (χ1) is 11.8. The van der Waals surface area contributed by atoms with E-state index < -0.39 is 11.7 Å². The van der Waals surface area contributed by atoms with E-state index in [0.29, 0.717) is 50.8 Å². The number of piperazine rings is 1. The van der Waals surface area contributed by atoms with Crippen LogP contribution < -0.4 is 5.32 Å². The van der Waals surface area contributed by atoms with Crippen LogP contribution in [0.4, 0.5) is 13.2 Å². The highest BCUT2D eigenvalue weighted by molar-refractivity contribution is 5.80. The minimum absolute atomic E-state index is 0.0614. The normalized spacial score (nSPS) is 16.1. The van der Waals surface area contributed by atoms with Gasteiger partial charge in [-0.1, -0.05) is 12.1 Å². The molecule has 1 saturated heterocycles. The average molecular weight is 356 g/mol. The molecule has 0 spiro atoms. The molecule has 8 heteroatoms. The van der Waals surface area contributed by atoms with Crippen molar-refractivity contribution in [1.29, 1.82) is 0 Å². The van der Waals surface area contributed by atoms with Gasteiger partial charge >= 0.3 is 6.18 Å². The number of benzene rings is 1. The van der Waals surface area contributed by atoms with Gasteiger partial charge in [-0.25, -0.2) is 4.99 Å². The number of amides is 1. The van der Waals surface area contributed by atoms with Gasteiger partial charge in [0, 0.05) is 39.6 Å². The molecule has 1 heterocycles. The number of nitrogens with zero attached hydrogens (tertiary/aromatic N) is 3. The monoisotopic (exact) mass is 356 g/mol. The summed E-state index contributed by atoms with van der Waals surface area (Å²) in [7, 11) is 0. The molecule has 0 aromatic heterocycles. The second kappa shape index (κ2) is 8.22. The zero-order valence-electron chi connectivity index (χ0n) is 14.4. The maximum absolute atomic E-state index is 12.6. The Morgan fingerprint density at radius 3 is 2.16 bits per heavy atom. The van der Waals surface area contributed by atoms with E-state index in [-0.39, 0.29) is 5.91 Å². The molecule has 25 heavy (non-hydrogen) atoms. The lowest BCUT2D eigenvalue weighted by Gasteiger charge is -2.36. The predicted octanol–water partition coefficient (Wildman–Crippen LogP) is 2.34. The molecule has 5 nitrogen and oxygen atoms in total. The summed E-state index contributed by atoms with van der Waals surface area (Å²) >= 11 is 0. The number of alkyl halides is 3. The van der Waals surface area contributed by atoms with Gasteiger partial charge < -0.3 is 15.1 Å². The van der Waals surface area contributed by atoms with E-state index in [9.17, 15) is 18.0 Å². The quantitative estimate of drug-likeness (QED) is 0.668. The van der Waals surface area contributed by atoms with Crippen molar-refractivity contribution in [2.75, 3.05) is 32.7 Å². The van der Waals surface area contributed by atoms with Crippen LogP contribution in [0.1, 0.15) is 25.0 Å². The van der Waals surface area contributed by atoms with E-state index >= 15 is 0 Å². The third-order valence-electron chi connectivity index (χ3n) is 4.05. The van der Waals surface area contributed by atoms with Gasteiger partial charge in [-0.15, -0.1) is 0 Å². The molecule has 0 atom stereocenters. The van der Waals surface area contributed by atoms with Gasteiger partial charge in [0.05, 0.1) is 12.1 Å². The highest BCUT2D eigenvalue weighted by atomic mass is 19.4. The van der Waals surface area contributed by atoms with Crippen LogP contribution in [0.2, 0.25) is 0 Å². The molecular weight excluding hydrogens is 333 g/mol. The number of rotatable bonds is 3. The van der Waals surface area contributed by atoms with Gasteiger partial charge in [-0.3, -0.25) is 4.79 Å². The van der Waals surface area contributed by atoms with Crippen molar-refractivity contribution in [3.8, 4) is 0 Å². The summed E-state index contributed by atoms with van der Waals surface area (Å²) < 4.78 is 37.8. The summed E-state index contributed by atoms with van der Waals surface area (Å²) in [6.07, 6.45) is -4.33. The average Bonchev–Trinajstić information content (AvgIpc) is 2.58. The third-order valence-corrected chi connectivity index (χ3v) is 4.05. The van der Waals surface area contributed by atoms with Crippen molar-refractivity contribution in [3.05, 3.63) is 35.4 Å². The summed E-state index contributed by atoms with van der Waals surface area (Å²) in [5, 5.41) is 3.19. The molecule has 1 amide bonds. The molecule has 2 rings (SSSR count). The van der Waals surface area contributed by atoms with E-state index in [1.807, 2.05) is 6.92 Å². The molecule has 0 aliphatic carbocycles. The number of carbonyl (C=O) groups excluding carboxylic acids is 1. The van der Waals surface area contributed by atoms with Gasteiger partial charge in [0.1, 0.15) is 0 Å². The van der Waals surface area contributed by atoms with Crippen LogP contribution in [0.25, 0.3) is 0 Å². The molecule has 0 bridgehead atoms. The number of hydrogen-bond acceptors (Lipinski definition) is 2. The smallest absolute Gasteiger partial charge is 0.357 e. The lowest BCUT2D eigenvalue weighted by Crippen LogP contribution is -2.53. The van der Waals surface area contributed by atoms with Crippen molar-refractivity contribution < 1.29 is 18.0 Å². The fourth-order valence-electron chi connectivity index (χ4n) is 2.62. The maximum atomic E-state index is 12.6. The van der Waals surface area contributed by atoms with Crippen LogP contribution in [-0.4, -0.2) is 54.4 Å². The van der Waals surface area contributed by atoms with Crippen LogP contribution in [0, 0.1) is 0 Å². The molecule has 138 valence electrons. The van der Waals surface area contributed by atoms with Gasteiger partial charge in [-0.05, 0) is 24.6 Å². The molecule has 1 fully saturated rings. The van der Waals surface area contributed by atoms with Crippen molar-refractivity contribution in [2.45, 2.75) is 26.6 Å². The number of guanidine groups is 1. The first-order valence-corrected chi connectivity index (χ1v) is 8.26. The van der Waals surface area contributed by atoms with Crippen molar-refractivity contribution in [3.63, 3.8) is 0 Å². The number of nitrogens with one attached hydrogen (secondary N) is 1. The number of hydrogen-bond donors (Lipinski definition) is 1. The molecule has 1 N–H and O–H groups in total. The zero-order chi connectivity index (χ0) is 18.4. The van der Waals surface area contributed by atoms with Gasteiger partial charge in [-0.2, -0.15) is 13.2 Å². The summed E-state index contributed by atoms with van der Waals surface area (Å²) in [6.45, 7) is 7.14. The second-order valence-corrected chi connectivity index (χ2v) is 5.86. The Kier molecular flexibility index (Phi) is 6.27. The first-order valence-electron chi connectivity index (χ1n) is 8.26. The van der Waals surface area contributed by atoms with Gasteiger partial charge in [0.25, 0.3) is 0 Å². The molecule has 0 saturated carbocycles. The van der Waals surface area contributed by atoms with Crippen molar-refractivity contribution in [1.82, 2.24) is 15.1 Å². The second-order valence-electron chi connectivity index (χ2n) is 5.86. The molecule has 0 unspecified atom stereocenters. The Morgan fingerprint density at radius 1 is 1.12 bits per heavy atom. The van der Waals surface area contributed by atoms with E-state index in [1.54, 1.807) is 11.8 Å². The first kappa shape index (κ1) is 19.1. The number of carbonyl (C=O) groups is 1. The fourth-order valence-corrected chi connectivity index (χ4v) is 2.62. The topological polar surface area (TPSA) is 47.9 Å². The van der Waals surface area contributed by atoms with Crippen LogP contribution in [-0.2, 0) is 17.5 Å². The molecule has 1 aliphatic heterocycles. The Bertz CT molecular complexity index is 605. The van der Waals surface area contributed by atoms with E-state index in [2.05, 4.69) is 15.2 Å². The van der Waals surface area contributed by atoms with E-state index in [1.165, 1.54) is 12.1 Å². The van der Waals surface area contributed by atoms with Crippen molar-refractivity contribution >= 4 is 11.9 Å². The number of halogens is 3. The number of aliphatic imine (C=N–C) groups is 1. The van der Waals surface area contributed by atoms with Crippen LogP contribution >= 0.6 is 0 Å². The van der Waals surface area contributed by atoms with Crippen LogP contribution in [0.15, 0.2) is 29.3 Å². The third kappa shape index (κ3) is 5.37. The van der Waals surface area contributed by atoms with Crippen LogP contribution in [0.3, 0.4) is 0 Å². The Hall–Kier alpha value is -2.25. The van der Waals surface area contributed by atoms with Gasteiger partial charge in [0.15, 0.2) is 5.96 Å². The molecule has 1 aliphatic rings. The van der Waals surface area contributed by atoms with Crippen LogP contribution in [0.5, 0.6) is 0 Å². The predicted molar refractivity (Wildman–Crippen MR) is 90.1 cm³/mol. The van der Waals surface area contributed by atoms with E-state index in [0.717, 1.165) is 12.1 Å². The SMILES string of the molecule is CCNC(=NCc1ccc(C(F)(F)F)cc1)N1CCN(C(C)=O)CC1. The fraction of sp³-hybridized carbons (Fsp3) is 0.529. The summed E-state index contributed by atoms with van der Waals surface area (Å²) in [5.74, 6) is 0.775. The van der Waals surface area contributed by atoms with Gasteiger partial charge in [0.2, 0.25) is 5.91 Å². The largest absolute Gasteiger partial charge is 0.416 e. The summed E-state index contributed by atoms with van der Waals surface area (Å²) in [5.41, 5.74) is 0.0539. The maximum Gasteiger partial charge on any atom is 0.416 e. The Labute approximate surface area is 145 Å². The molecule has 0 radical (unpaired) electrons. The zero-order valence-corrected chi connectivity index (χ0v) is 14.4. The Morgan fingerprint density at radius 2 is 1.68 bits per heavy atom.